The van der Waals surface area contributed by atoms with Crippen molar-refractivity contribution < 1.29 is 13.3 Å². The number of anilines is 1. The maximum atomic E-state index is 13.2. The molecule has 5 heteroatoms. The molecule has 0 amide bonds. The van der Waals surface area contributed by atoms with Crippen LogP contribution in [-0.2, 0) is 6.42 Å². The van der Waals surface area contributed by atoms with Crippen LogP contribution >= 0.6 is 0 Å². The van der Waals surface area contributed by atoms with Gasteiger partial charge < -0.3 is 10.3 Å². The smallest absolute Gasteiger partial charge is 0.175 e. The summed E-state index contributed by atoms with van der Waals surface area (Å²) < 4.78 is 31.6. The summed E-state index contributed by atoms with van der Waals surface area (Å²) in [6, 6.07) is 3.30. The first-order chi connectivity index (χ1) is 8.63. The molecule has 0 unspecified atom stereocenters. The van der Waals surface area contributed by atoms with Crippen molar-refractivity contribution >= 4 is 5.82 Å². The second-order valence-electron chi connectivity index (χ2n) is 4.67. The molecule has 18 heavy (non-hydrogen) atoms. The summed E-state index contributed by atoms with van der Waals surface area (Å²) in [7, 11) is 0. The van der Waals surface area contributed by atoms with E-state index in [0.717, 1.165) is 25.3 Å². The standard InChI is InChI=1S/C13H12F2N2O/c14-9-4-8(5-10(15)6-9)12-11(3-7-1-2-7)18-17-13(12)16/h4-7H,1-3H2,(H2,16,17). The van der Waals surface area contributed by atoms with Crippen molar-refractivity contribution in [3.05, 3.63) is 35.6 Å². The van der Waals surface area contributed by atoms with Gasteiger partial charge in [0.2, 0.25) is 0 Å². The summed E-state index contributed by atoms with van der Waals surface area (Å²) in [4.78, 5) is 0. The van der Waals surface area contributed by atoms with Gasteiger partial charge in [-0.1, -0.05) is 5.16 Å². The molecule has 1 fully saturated rings. The zero-order valence-electron chi connectivity index (χ0n) is 9.62. The Balaban J connectivity index is 2.05. The van der Waals surface area contributed by atoms with Crippen molar-refractivity contribution in [3.8, 4) is 11.1 Å². The lowest BCUT2D eigenvalue weighted by Gasteiger charge is -2.03. The van der Waals surface area contributed by atoms with E-state index in [9.17, 15) is 8.78 Å². The molecule has 1 aromatic carbocycles. The summed E-state index contributed by atoms with van der Waals surface area (Å²) in [5.74, 6) is 0.0936. The van der Waals surface area contributed by atoms with Crippen molar-refractivity contribution in [1.82, 2.24) is 5.16 Å². The predicted octanol–water partition coefficient (Wildman–Crippen LogP) is 3.15. The Morgan fingerprint density at radius 2 is 1.89 bits per heavy atom. The van der Waals surface area contributed by atoms with Gasteiger partial charge in [0.25, 0.3) is 0 Å². The first-order valence-electron chi connectivity index (χ1n) is 5.84. The van der Waals surface area contributed by atoms with Gasteiger partial charge in [-0.2, -0.15) is 0 Å². The second-order valence-corrected chi connectivity index (χ2v) is 4.67. The Bertz CT molecular complexity index is 570. The lowest BCUT2D eigenvalue weighted by molar-refractivity contribution is 0.381. The van der Waals surface area contributed by atoms with Gasteiger partial charge in [-0.25, -0.2) is 8.78 Å². The molecule has 0 saturated heterocycles. The van der Waals surface area contributed by atoms with E-state index in [-0.39, 0.29) is 5.82 Å². The molecule has 2 aromatic rings. The Hall–Kier alpha value is -1.91. The summed E-state index contributed by atoms with van der Waals surface area (Å²) in [5, 5.41) is 3.69. The number of rotatable bonds is 3. The highest BCUT2D eigenvalue weighted by atomic mass is 19.1. The first-order valence-corrected chi connectivity index (χ1v) is 5.84. The molecule has 0 aliphatic heterocycles. The van der Waals surface area contributed by atoms with Crippen molar-refractivity contribution in [1.29, 1.82) is 0 Å². The monoisotopic (exact) mass is 250 g/mol. The number of nitrogen functional groups attached to an aromatic ring is 1. The van der Waals surface area contributed by atoms with E-state index in [0.29, 0.717) is 22.8 Å². The third-order valence-electron chi connectivity index (χ3n) is 3.11. The topological polar surface area (TPSA) is 52.0 Å². The first kappa shape index (κ1) is 11.2. The quantitative estimate of drug-likeness (QED) is 0.910. The molecular formula is C13H12F2N2O. The minimum absolute atomic E-state index is 0.177. The van der Waals surface area contributed by atoms with E-state index in [2.05, 4.69) is 5.16 Å². The fraction of sp³-hybridized carbons (Fsp3) is 0.308. The third kappa shape index (κ3) is 2.08. The van der Waals surface area contributed by atoms with E-state index in [4.69, 9.17) is 10.3 Å². The van der Waals surface area contributed by atoms with Gasteiger partial charge >= 0.3 is 0 Å². The molecule has 3 rings (SSSR count). The summed E-state index contributed by atoms with van der Waals surface area (Å²) >= 11 is 0. The molecule has 1 aliphatic carbocycles. The molecule has 3 nitrogen and oxygen atoms in total. The van der Waals surface area contributed by atoms with Gasteiger partial charge in [-0.15, -0.1) is 0 Å². The molecule has 1 saturated carbocycles. The van der Waals surface area contributed by atoms with Crippen molar-refractivity contribution in [2.75, 3.05) is 5.73 Å². The lowest BCUT2D eigenvalue weighted by Crippen LogP contribution is -1.93. The largest absolute Gasteiger partial charge is 0.380 e. The number of halogens is 2. The molecule has 0 atom stereocenters. The van der Waals surface area contributed by atoms with Crippen LogP contribution in [0.5, 0.6) is 0 Å². The zero-order valence-corrected chi connectivity index (χ0v) is 9.62. The summed E-state index contributed by atoms with van der Waals surface area (Å²) in [6.07, 6.45) is 3.02. The van der Waals surface area contributed by atoms with Crippen LogP contribution in [0.4, 0.5) is 14.6 Å². The van der Waals surface area contributed by atoms with Crippen molar-refractivity contribution in [2.24, 2.45) is 5.92 Å². The van der Waals surface area contributed by atoms with E-state index in [1.54, 1.807) is 0 Å². The molecular weight excluding hydrogens is 238 g/mol. The molecule has 94 valence electrons. The molecule has 1 heterocycles. The minimum atomic E-state index is -0.636. The fourth-order valence-corrected chi connectivity index (χ4v) is 2.07. The van der Waals surface area contributed by atoms with Gasteiger partial charge in [-0.3, -0.25) is 0 Å². The normalized spacial score (nSPS) is 15.0. The minimum Gasteiger partial charge on any atom is -0.380 e. The molecule has 1 aliphatic rings. The number of aromatic nitrogens is 1. The number of nitrogens with zero attached hydrogens (tertiary/aromatic N) is 1. The summed E-state index contributed by atoms with van der Waals surface area (Å²) in [5.41, 5.74) is 6.61. The zero-order chi connectivity index (χ0) is 12.7. The van der Waals surface area contributed by atoms with Gasteiger partial charge in [-0.05, 0) is 36.5 Å². The summed E-state index contributed by atoms with van der Waals surface area (Å²) in [6.45, 7) is 0. The van der Waals surface area contributed by atoms with Crippen LogP contribution in [0, 0.1) is 17.6 Å². The van der Waals surface area contributed by atoms with Crippen LogP contribution in [0.3, 0.4) is 0 Å². The maximum Gasteiger partial charge on any atom is 0.175 e. The predicted molar refractivity (Wildman–Crippen MR) is 62.7 cm³/mol. The van der Waals surface area contributed by atoms with Crippen LogP contribution in [0.2, 0.25) is 0 Å². The van der Waals surface area contributed by atoms with E-state index in [1.165, 1.54) is 12.1 Å². The maximum absolute atomic E-state index is 13.2. The van der Waals surface area contributed by atoms with E-state index < -0.39 is 11.6 Å². The van der Waals surface area contributed by atoms with Crippen LogP contribution < -0.4 is 5.73 Å². The molecule has 1 aromatic heterocycles. The Kier molecular flexibility index (Phi) is 2.54. The van der Waals surface area contributed by atoms with Gasteiger partial charge in [0.1, 0.15) is 17.4 Å². The molecule has 0 spiro atoms. The SMILES string of the molecule is Nc1noc(CC2CC2)c1-c1cc(F)cc(F)c1. The fourth-order valence-electron chi connectivity index (χ4n) is 2.07. The van der Waals surface area contributed by atoms with Crippen LogP contribution in [0.15, 0.2) is 22.7 Å². The van der Waals surface area contributed by atoms with Crippen LogP contribution in [0.25, 0.3) is 11.1 Å². The Labute approximate surface area is 103 Å². The highest BCUT2D eigenvalue weighted by Gasteiger charge is 2.27. The van der Waals surface area contributed by atoms with Crippen LogP contribution in [0.1, 0.15) is 18.6 Å². The van der Waals surface area contributed by atoms with E-state index in [1.807, 2.05) is 0 Å². The lowest BCUT2D eigenvalue weighted by atomic mass is 10.0. The van der Waals surface area contributed by atoms with Crippen molar-refractivity contribution in [2.45, 2.75) is 19.3 Å². The number of nitrogens with two attached hydrogens (primary N) is 1. The highest BCUT2D eigenvalue weighted by molar-refractivity contribution is 5.75. The second kappa shape index (κ2) is 4.08. The van der Waals surface area contributed by atoms with Gasteiger partial charge in [0.05, 0.1) is 5.56 Å². The van der Waals surface area contributed by atoms with E-state index >= 15 is 0 Å². The number of benzene rings is 1. The number of hydrogen-bond acceptors (Lipinski definition) is 3. The van der Waals surface area contributed by atoms with Gasteiger partial charge in [0, 0.05) is 12.5 Å². The molecule has 2 N–H and O–H groups in total. The van der Waals surface area contributed by atoms with Crippen LogP contribution in [-0.4, -0.2) is 5.16 Å². The Morgan fingerprint density at radius 3 is 2.50 bits per heavy atom. The Morgan fingerprint density at radius 1 is 1.22 bits per heavy atom. The van der Waals surface area contributed by atoms with Crippen molar-refractivity contribution in [3.63, 3.8) is 0 Å². The third-order valence-corrected chi connectivity index (χ3v) is 3.11. The molecule has 0 bridgehead atoms. The van der Waals surface area contributed by atoms with Gasteiger partial charge in [0.15, 0.2) is 5.82 Å². The number of hydrogen-bond donors (Lipinski definition) is 1. The average molecular weight is 250 g/mol. The molecule has 0 radical (unpaired) electrons. The highest BCUT2D eigenvalue weighted by Crippen LogP contribution is 2.38. The average Bonchev–Trinajstić information content (AvgIpc) is 3.01.